The predicted octanol–water partition coefficient (Wildman–Crippen LogP) is 1.40. The summed E-state index contributed by atoms with van der Waals surface area (Å²) in [4.78, 5) is 11.6. The number of nitrogens with two attached hydrogens (primary N) is 1. The lowest BCUT2D eigenvalue weighted by Gasteiger charge is -2.17. The van der Waals surface area contributed by atoms with E-state index in [0.717, 1.165) is 32.2 Å². The van der Waals surface area contributed by atoms with Gasteiger partial charge in [0.05, 0.1) is 6.04 Å². The van der Waals surface area contributed by atoms with E-state index in [4.69, 9.17) is 5.73 Å². The third kappa shape index (κ3) is 9.12. The van der Waals surface area contributed by atoms with Gasteiger partial charge in [0.1, 0.15) is 0 Å². The van der Waals surface area contributed by atoms with Crippen molar-refractivity contribution < 1.29 is 4.79 Å². The van der Waals surface area contributed by atoms with Crippen molar-refractivity contribution >= 4 is 5.91 Å². The molecule has 4 nitrogen and oxygen atoms in total. The first-order valence-electron chi connectivity index (χ1n) is 6.91. The summed E-state index contributed by atoms with van der Waals surface area (Å²) in [6.45, 7) is 3.84. The first-order chi connectivity index (χ1) is 8.26. The Bertz CT molecular complexity index is 186. The van der Waals surface area contributed by atoms with Crippen LogP contribution >= 0.6 is 0 Å². The molecule has 0 aromatic rings. The summed E-state index contributed by atoms with van der Waals surface area (Å²) in [5.74, 6) is 0.0949. The van der Waals surface area contributed by atoms with Crippen LogP contribution in [0.1, 0.15) is 51.9 Å². The number of hydrogen-bond donors (Lipinski definition) is 3. The van der Waals surface area contributed by atoms with Crippen LogP contribution < -0.4 is 16.4 Å². The van der Waals surface area contributed by atoms with Crippen molar-refractivity contribution in [3.8, 4) is 0 Å². The Morgan fingerprint density at radius 2 is 1.94 bits per heavy atom. The van der Waals surface area contributed by atoms with E-state index >= 15 is 0 Å². The van der Waals surface area contributed by atoms with Crippen LogP contribution in [0.15, 0.2) is 0 Å². The minimum absolute atomic E-state index is 0.0480. The molecule has 0 aliphatic carbocycles. The van der Waals surface area contributed by atoms with Gasteiger partial charge in [0.2, 0.25) is 5.91 Å². The van der Waals surface area contributed by atoms with Gasteiger partial charge in [-0.1, -0.05) is 32.6 Å². The van der Waals surface area contributed by atoms with Crippen molar-refractivity contribution in [1.82, 2.24) is 10.6 Å². The Labute approximate surface area is 106 Å². The van der Waals surface area contributed by atoms with Crippen molar-refractivity contribution in [2.24, 2.45) is 5.73 Å². The molecular formula is C13H29N3O. The number of amides is 1. The second kappa shape index (κ2) is 11.9. The van der Waals surface area contributed by atoms with Crippen LogP contribution in [0.5, 0.6) is 0 Å². The molecule has 0 saturated carbocycles. The van der Waals surface area contributed by atoms with Crippen molar-refractivity contribution in [2.75, 3.05) is 20.1 Å². The molecule has 0 spiro atoms. The van der Waals surface area contributed by atoms with Gasteiger partial charge in [-0.3, -0.25) is 4.79 Å². The van der Waals surface area contributed by atoms with E-state index < -0.39 is 0 Å². The first kappa shape index (κ1) is 16.4. The molecule has 1 unspecified atom stereocenters. The van der Waals surface area contributed by atoms with Gasteiger partial charge >= 0.3 is 0 Å². The van der Waals surface area contributed by atoms with Gasteiger partial charge in [-0.25, -0.2) is 0 Å². The highest BCUT2D eigenvalue weighted by molar-refractivity contribution is 5.81. The number of rotatable bonds is 11. The third-order valence-corrected chi connectivity index (χ3v) is 2.93. The monoisotopic (exact) mass is 243 g/mol. The molecule has 102 valence electrons. The highest BCUT2D eigenvalue weighted by Crippen LogP contribution is 2.02. The second-order valence-corrected chi connectivity index (χ2v) is 4.47. The van der Waals surface area contributed by atoms with Crippen molar-refractivity contribution in [3.05, 3.63) is 0 Å². The summed E-state index contributed by atoms with van der Waals surface area (Å²) in [7, 11) is 1.69. The maximum absolute atomic E-state index is 11.6. The molecule has 0 fully saturated rings. The lowest BCUT2D eigenvalue weighted by Crippen LogP contribution is -2.43. The lowest BCUT2D eigenvalue weighted by molar-refractivity contribution is -0.122. The van der Waals surface area contributed by atoms with Crippen LogP contribution in [0.4, 0.5) is 0 Å². The van der Waals surface area contributed by atoms with E-state index in [1.54, 1.807) is 7.05 Å². The number of hydrogen-bond acceptors (Lipinski definition) is 3. The summed E-state index contributed by atoms with van der Waals surface area (Å²) in [5, 5.41) is 6.05. The van der Waals surface area contributed by atoms with Gasteiger partial charge in [0.15, 0.2) is 0 Å². The summed E-state index contributed by atoms with van der Waals surface area (Å²) in [6.07, 6.45) is 7.80. The molecule has 0 saturated heterocycles. The predicted molar refractivity (Wildman–Crippen MR) is 72.9 cm³/mol. The largest absolute Gasteiger partial charge is 0.358 e. The molecule has 1 atom stereocenters. The normalized spacial score (nSPS) is 12.4. The van der Waals surface area contributed by atoms with Gasteiger partial charge in [-0.15, -0.1) is 0 Å². The summed E-state index contributed by atoms with van der Waals surface area (Å²) >= 11 is 0. The average Bonchev–Trinajstić information content (AvgIpc) is 2.35. The van der Waals surface area contributed by atoms with Crippen LogP contribution in [0.25, 0.3) is 0 Å². The zero-order chi connectivity index (χ0) is 12.9. The molecule has 0 aliphatic rings. The number of carbonyl (C=O) groups excluding carboxylic acids is 1. The molecule has 1 amide bonds. The van der Waals surface area contributed by atoms with E-state index in [-0.39, 0.29) is 11.9 Å². The van der Waals surface area contributed by atoms with E-state index in [1.165, 1.54) is 19.3 Å². The Kier molecular flexibility index (Phi) is 11.4. The van der Waals surface area contributed by atoms with Crippen LogP contribution in [-0.4, -0.2) is 32.1 Å². The molecule has 0 rings (SSSR count). The highest BCUT2D eigenvalue weighted by atomic mass is 16.2. The topological polar surface area (TPSA) is 67.1 Å². The van der Waals surface area contributed by atoms with E-state index in [1.807, 2.05) is 0 Å². The minimum Gasteiger partial charge on any atom is -0.358 e. The maximum atomic E-state index is 11.6. The quantitative estimate of drug-likeness (QED) is 0.481. The van der Waals surface area contributed by atoms with Crippen LogP contribution in [0, 0.1) is 0 Å². The fourth-order valence-electron chi connectivity index (χ4n) is 1.82. The van der Waals surface area contributed by atoms with Gasteiger partial charge < -0.3 is 16.4 Å². The highest BCUT2D eigenvalue weighted by Gasteiger charge is 2.15. The zero-order valence-electron chi connectivity index (χ0n) is 11.4. The van der Waals surface area contributed by atoms with Crippen molar-refractivity contribution in [1.29, 1.82) is 0 Å². The Morgan fingerprint density at radius 3 is 2.53 bits per heavy atom. The maximum Gasteiger partial charge on any atom is 0.236 e. The van der Waals surface area contributed by atoms with E-state index in [0.29, 0.717) is 6.54 Å². The molecule has 4 N–H and O–H groups in total. The van der Waals surface area contributed by atoms with Gasteiger partial charge in [-0.2, -0.15) is 0 Å². The van der Waals surface area contributed by atoms with Gasteiger partial charge in [-0.05, 0) is 32.4 Å². The smallest absolute Gasteiger partial charge is 0.236 e. The summed E-state index contributed by atoms with van der Waals surface area (Å²) in [5.41, 5.74) is 5.46. The number of likely N-dealkylation sites (N-methyl/N-ethyl adjacent to an activating group) is 1. The SMILES string of the molecule is CCCCCCNC(CCCCN)C(=O)NC. The molecule has 0 aromatic heterocycles. The average molecular weight is 243 g/mol. The molecular weight excluding hydrogens is 214 g/mol. The van der Waals surface area contributed by atoms with Crippen molar-refractivity contribution in [2.45, 2.75) is 57.9 Å². The first-order valence-corrected chi connectivity index (χ1v) is 6.91. The summed E-state index contributed by atoms with van der Waals surface area (Å²) < 4.78 is 0. The molecule has 4 heteroatoms. The molecule has 0 heterocycles. The fourth-order valence-corrected chi connectivity index (χ4v) is 1.82. The van der Waals surface area contributed by atoms with Gasteiger partial charge in [0, 0.05) is 7.05 Å². The number of unbranched alkanes of at least 4 members (excludes halogenated alkanes) is 4. The van der Waals surface area contributed by atoms with E-state index in [9.17, 15) is 4.79 Å². The van der Waals surface area contributed by atoms with Gasteiger partial charge in [0.25, 0.3) is 0 Å². The van der Waals surface area contributed by atoms with E-state index in [2.05, 4.69) is 17.6 Å². The molecule has 17 heavy (non-hydrogen) atoms. The lowest BCUT2D eigenvalue weighted by atomic mass is 10.1. The van der Waals surface area contributed by atoms with Crippen LogP contribution in [0.2, 0.25) is 0 Å². The minimum atomic E-state index is -0.0480. The molecule has 0 radical (unpaired) electrons. The number of nitrogens with one attached hydrogen (secondary N) is 2. The Hall–Kier alpha value is -0.610. The molecule has 0 bridgehead atoms. The Balaban J connectivity index is 3.73. The molecule has 0 aliphatic heterocycles. The zero-order valence-corrected chi connectivity index (χ0v) is 11.4. The Morgan fingerprint density at radius 1 is 1.18 bits per heavy atom. The standard InChI is InChI=1S/C13H29N3O/c1-3-4-5-8-11-16-12(13(17)15-2)9-6-7-10-14/h12,16H,3-11,14H2,1-2H3,(H,15,17). The summed E-state index contributed by atoms with van der Waals surface area (Å²) in [6, 6.07) is -0.0480. The second-order valence-electron chi connectivity index (χ2n) is 4.47. The number of carbonyl (C=O) groups is 1. The van der Waals surface area contributed by atoms with Crippen LogP contribution in [0.3, 0.4) is 0 Å². The molecule has 0 aromatic carbocycles. The fraction of sp³-hybridized carbons (Fsp3) is 0.923. The third-order valence-electron chi connectivity index (χ3n) is 2.93. The van der Waals surface area contributed by atoms with Crippen molar-refractivity contribution in [3.63, 3.8) is 0 Å². The van der Waals surface area contributed by atoms with Crippen LogP contribution in [-0.2, 0) is 4.79 Å².